The quantitative estimate of drug-likeness (QED) is 0.653. The lowest BCUT2D eigenvalue weighted by Gasteiger charge is -2.20. The molecule has 3 rings (SSSR count). The highest BCUT2D eigenvalue weighted by Gasteiger charge is 2.09. The molecule has 0 fully saturated rings. The fourth-order valence-electron chi connectivity index (χ4n) is 2.76. The molecule has 140 valence electrons. The van der Waals surface area contributed by atoms with E-state index in [9.17, 15) is 0 Å². The first-order valence-electron chi connectivity index (χ1n) is 9.10. The van der Waals surface area contributed by atoms with Crippen LogP contribution in [0.25, 0.3) is 0 Å². The van der Waals surface area contributed by atoms with Crippen LogP contribution in [0.2, 0.25) is 0 Å². The third kappa shape index (κ3) is 5.17. The fourth-order valence-corrected chi connectivity index (χ4v) is 2.76. The van der Waals surface area contributed by atoms with Gasteiger partial charge in [-0.05, 0) is 50.1 Å². The van der Waals surface area contributed by atoms with Crippen LogP contribution in [0, 0.1) is 6.92 Å². The molecule has 0 unspecified atom stereocenters. The van der Waals surface area contributed by atoms with E-state index in [-0.39, 0.29) is 0 Å². The van der Waals surface area contributed by atoms with Crippen LogP contribution >= 0.6 is 0 Å². The Bertz CT molecular complexity index is 869. The largest absolute Gasteiger partial charge is 0.492 e. The summed E-state index contributed by atoms with van der Waals surface area (Å²) in [5, 5.41) is 3.36. The molecule has 2 aromatic heterocycles. The van der Waals surface area contributed by atoms with E-state index in [2.05, 4.69) is 25.2 Å². The standard InChI is InChI=1S/C21H25N5O/c1-4-27-19-8-6-5-7-18(19)25-20-15-21(24-16(2)23-20)26(3)14-11-17-9-12-22-13-10-17/h5-10,12-13,15H,4,11,14H2,1-3H3,(H,23,24,25). The second-order valence-corrected chi connectivity index (χ2v) is 6.24. The summed E-state index contributed by atoms with van der Waals surface area (Å²) in [6.45, 7) is 5.35. The van der Waals surface area contributed by atoms with E-state index in [1.165, 1.54) is 5.56 Å². The van der Waals surface area contributed by atoms with Crippen molar-refractivity contribution in [3.8, 4) is 5.75 Å². The van der Waals surface area contributed by atoms with E-state index in [0.29, 0.717) is 6.61 Å². The molecule has 0 saturated heterocycles. The number of hydrogen-bond donors (Lipinski definition) is 1. The summed E-state index contributed by atoms with van der Waals surface area (Å²) >= 11 is 0. The minimum absolute atomic E-state index is 0.616. The fraction of sp³-hybridized carbons (Fsp3) is 0.286. The molecule has 0 bridgehead atoms. The van der Waals surface area contributed by atoms with Gasteiger partial charge in [-0.2, -0.15) is 0 Å². The number of hydrogen-bond acceptors (Lipinski definition) is 6. The van der Waals surface area contributed by atoms with Gasteiger partial charge in [0.25, 0.3) is 0 Å². The Morgan fingerprint density at radius 2 is 1.85 bits per heavy atom. The minimum Gasteiger partial charge on any atom is -0.492 e. The first-order chi connectivity index (χ1) is 13.2. The number of likely N-dealkylation sites (N-methyl/N-ethyl adjacent to an activating group) is 1. The van der Waals surface area contributed by atoms with Gasteiger partial charge in [-0.3, -0.25) is 4.98 Å². The molecule has 6 nitrogen and oxygen atoms in total. The number of pyridine rings is 1. The van der Waals surface area contributed by atoms with Gasteiger partial charge in [0.15, 0.2) is 0 Å². The van der Waals surface area contributed by atoms with Crippen molar-refractivity contribution in [3.05, 3.63) is 66.2 Å². The average molecular weight is 363 g/mol. The molecule has 0 aliphatic rings. The van der Waals surface area contributed by atoms with Gasteiger partial charge in [0.1, 0.15) is 23.2 Å². The lowest BCUT2D eigenvalue weighted by molar-refractivity contribution is 0.342. The smallest absolute Gasteiger partial charge is 0.142 e. The lowest BCUT2D eigenvalue weighted by Crippen LogP contribution is -2.22. The summed E-state index contributed by atoms with van der Waals surface area (Å²) < 4.78 is 5.68. The average Bonchev–Trinajstić information content (AvgIpc) is 2.68. The van der Waals surface area contributed by atoms with Crippen LogP contribution in [0.1, 0.15) is 18.3 Å². The molecule has 0 amide bonds. The predicted molar refractivity (Wildman–Crippen MR) is 109 cm³/mol. The van der Waals surface area contributed by atoms with Gasteiger partial charge in [-0.25, -0.2) is 9.97 Å². The summed E-state index contributed by atoms with van der Waals surface area (Å²) in [5.41, 5.74) is 2.15. The lowest BCUT2D eigenvalue weighted by atomic mass is 10.2. The third-order valence-electron chi connectivity index (χ3n) is 4.15. The Kier molecular flexibility index (Phi) is 6.20. The van der Waals surface area contributed by atoms with Crippen molar-refractivity contribution in [1.82, 2.24) is 15.0 Å². The van der Waals surface area contributed by atoms with Crippen molar-refractivity contribution in [3.63, 3.8) is 0 Å². The molecule has 27 heavy (non-hydrogen) atoms. The van der Waals surface area contributed by atoms with Crippen molar-refractivity contribution in [2.75, 3.05) is 30.4 Å². The van der Waals surface area contributed by atoms with Crippen molar-refractivity contribution < 1.29 is 4.74 Å². The first-order valence-corrected chi connectivity index (χ1v) is 9.10. The van der Waals surface area contributed by atoms with Crippen LogP contribution in [0.4, 0.5) is 17.3 Å². The van der Waals surface area contributed by atoms with Crippen molar-refractivity contribution in [2.24, 2.45) is 0 Å². The number of anilines is 3. The zero-order valence-corrected chi connectivity index (χ0v) is 16.0. The van der Waals surface area contributed by atoms with Crippen molar-refractivity contribution >= 4 is 17.3 Å². The van der Waals surface area contributed by atoms with Gasteiger partial charge in [-0.15, -0.1) is 0 Å². The molecule has 0 radical (unpaired) electrons. The van der Waals surface area contributed by atoms with Gasteiger partial charge in [0.05, 0.1) is 12.3 Å². The monoisotopic (exact) mass is 363 g/mol. The van der Waals surface area contributed by atoms with Crippen LogP contribution < -0.4 is 15.0 Å². The molecule has 0 atom stereocenters. The summed E-state index contributed by atoms with van der Waals surface area (Å²) in [7, 11) is 2.04. The zero-order valence-electron chi connectivity index (χ0n) is 16.0. The molecular weight excluding hydrogens is 338 g/mol. The topological polar surface area (TPSA) is 63.2 Å². The maximum atomic E-state index is 5.68. The number of rotatable bonds is 8. The van der Waals surface area contributed by atoms with Gasteiger partial charge in [0, 0.05) is 32.1 Å². The SMILES string of the molecule is CCOc1ccccc1Nc1cc(N(C)CCc2ccncc2)nc(C)n1. The highest BCUT2D eigenvalue weighted by Crippen LogP contribution is 2.27. The Morgan fingerprint density at radius 3 is 2.63 bits per heavy atom. The van der Waals surface area contributed by atoms with E-state index in [1.807, 2.05) is 75.8 Å². The highest BCUT2D eigenvalue weighted by molar-refractivity contribution is 5.65. The second kappa shape index (κ2) is 8.98. The molecule has 0 saturated carbocycles. The number of nitrogens with zero attached hydrogens (tertiary/aromatic N) is 4. The minimum atomic E-state index is 0.616. The summed E-state index contributed by atoms with van der Waals surface area (Å²) in [6.07, 6.45) is 4.57. The third-order valence-corrected chi connectivity index (χ3v) is 4.15. The maximum Gasteiger partial charge on any atom is 0.142 e. The van der Waals surface area contributed by atoms with Crippen LogP contribution in [0.15, 0.2) is 54.9 Å². The van der Waals surface area contributed by atoms with Crippen molar-refractivity contribution in [1.29, 1.82) is 0 Å². The van der Waals surface area contributed by atoms with E-state index >= 15 is 0 Å². The second-order valence-electron chi connectivity index (χ2n) is 6.24. The Labute approximate surface area is 160 Å². The van der Waals surface area contributed by atoms with Crippen LogP contribution in [-0.2, 0) is 6.42 Å². The van der Waals surface area contributed by atoms with Gasteiger partial charge in [0.2, 0.25) is 0 Å². The number of aromatic nitrogens is 3. The summed E-state index contributed by atoms with van der Waals surface area (Å²) in [6, 6.07) is 13.9. The molecule has 6 heteroatoms. The van der Waals surface area contributed by atoms with E-state index in [1.54, 1.807) is 0 Å². The Hall–Kier alpha value is -3.15. The van der Waals surface area contributed by atoms with E-state index < -0.39 is 0 Å². The molecular formula is C21H25N5O. The Balaban J connectivity index is 1.74. The summed E-state index contributed by atoms with van der Waals surface area (Å²) in [4.78, 5) is 15.3. The van der Waals surface area contributed by atoms with Crippen molar-refractivity contribution in [2.45, 2.75) is 20.3 Å². The van der Waals surface area contributed by atoms with Crippen LogP contribution in [0.3, 0.4) is 0 Å². The zero-order chi connectivity index (χ0) is 19.1. The number of para-hydroxylation sites is 2. The molecule has 1 N–H and O–H groups in total. The molecule has 1 aromatic carbocycles. The Morgan fingerprint density at radius 1 is 1.07 bits per heavy atom. The first kappa shape index (κ1) is 18.6. The van der Waals surface area contributed by atoms with Gasteiger partial charge >= 0.3 is 0 Å². The van der Waals surface area contributed by atoms with Gasteiger partial charge < -0.3 is 15.0 Å². The predicted octanol–water partition coefficient (Wildman–Crippen LogP) is 4.00. The van der Waals surface area contributed by atoms with E-state index in [4.69, 9.17) is 4.74 Å². The van der Waals surface area contributed by atoms with Crippen LogP contribution in [-0.4, -0.2) is 35.2 Å². The van der Waals surface area contributed by atoms with Crippen LogP contribution in [0.5, 0.6) is 5.75 Å². The highest BCUT2D eigenvalue weighted by atomic mass is 16.5. The normalized spacial score (nSPS) is 10.5. The molecule has 2 heterocycles. The number of aryl methyl sites for hydroxylation is 1. The summed E-state index contributed by atoms with van der Waals surface area (Å²) in [5.74, 6) is 3.16. The molecule has 0 aliphatic heterocycles. The van der Waals surface area contributed by atoms with Gasteiger partial charge in [-0.1, -0.05) is 12.1 Å². The molecule has 0 aliphatic carbocycles. The number of benzene rings is 1. The molecule has 0 spiro atoms. The number of nitrogens with one attached hydrogen (secondary N) is 1. The number of ether oxygens (including phenoxy) is 1. The maximum absolute atomic E-state index is 5.68. The molecule has 3 aromatic rings. The van der Waals surface area contributed by atoms with E-state index in [0.717, 1.165) is 41.9 Å².